The third-order valence-electron chi connectivity index (χ3n) is 1.24. The van der Waals surface area contributed by atoms with Gasteiger partial charge in [0.1, 0.15) is 5.83 Å². The first kappa shape index (κ1) is 11.3. The number of halogens is 2. The molecular weight excluding hydrogens is 181 g/mol. The van der Waals surface area contributed by atoms with E-state index in [4.69, 9.17) is 16.7 Å². The van der Waals surface area contributed by atoms with Crippen molar-refractivity contribution in [2.24, 2.45) is 4.99 Å². The van der Waals surface area contributed by atoms with E-state index in [0.29, 0.717) is 0 Å². The summed E-state index contributed by atoms with van der Waals surface area (Å²) in [6.45, 7) is 3.36. The largest absolute Gasteiger partial charge is 0.387 e. The van der Waals surface area contributed by atoms with Crippen LogP contribution in [0.1, 0.15) is 0 Å². The average Bonchev–Trinajstić information content (AvgIpc) is 2.06. The summed E-state index contributed by atoms with van der Waals surface area (Å²) in [6.07, 6.45) is 1.21. The molecule has 2 nitrogen and oxygen atoms in total. The highest BCUT2D eigenvalue weighted by Crippen LogP contribution is 2.11. The second-order valence-electron chi connectivity index (χ2n) is 2.06. The van der Waals surface area contributed by atoms with Crippen molar-refractivity contribution in [1.82, 2.24) is 0 Å². The number of alkyl halides is 1. The van der Waals surface area contributed by atoms with Crippen LogP contribution in [0.2, 0.25) is 0 Å². The van der Waals surface area contributed by atoms with Crippen LogP contribution in [0.3, 0.4) is 0 Å². The number of aliphatic imine (C=N–C) groups is 1. The van der Waals surface area contributed by atoms with Crippen LogP contribution in [0.5, 0.6) is 0 Å². The van der Waals surface area contributed by atoms with Gasteiger partial charge < -0.3 is 5.11 Å². The van der Waals surface area contributed by atoms with E-state index < -0.39 is 11.9 Å². The lowest BCUT2D eigenvalue weighted by Gasteiger charge is -2.07. The van der Waals surface area contributed by atoms with Crippen LogP contribution in [-0.4, -0.2) is 30.4 Å². The summed E-state index contributed by atoms with van der Waals surface area (Å²) in [5.41, 5.74) is 0.0654. The van der Waals surface area contributed by atoms with E-state index in [0.717, 1.165) is 6.21 Å². The SMILES string of the molecule is C=C/C(=C(F)\C=N/C)[C@@H](O)CCl. The maximum Gasteiger partial charge on any atom is 0.146 e. The Hall–Kier alpha value is -0.670. The first-order valence-corrected chi connectivity index (χ1v) is 3.89. The Morgan fingerprint density at radius 1 is 1.83 bits per heavy atom. The highest BCUT2D eigenvalue weighted by Gasteiger charge is 2.10. The fourth-order valence-corrected chi connectivity index (χ4v) is 0.830. The fraction of sp³-hybridized carbons (Fsp3) is 0.375. The minimum absolute atomic E-state index is 0.0632. The third kappa shape index (κ3) is 3.15. The van der Waals surface area contributed by atoms with E-state index in [2.05, 4.69) is 11.6 Å². The van der Waals surface area contributed by atoms with Crippen LogP contribution in [0.15, 0.2) is 29.0 Å². The smallest absolute Gasteiger partial charge is 0.146 e. The first-order chi connectivity index (χ1) is 5.67. The zero-order chi connectivity index (χ0) is 9.56. The summed E-state index contributed by atoms with van der Waals surface area (Å²) in [5.74, 6) is -0.674. The lowest BCUT2D eigenvalue weighted by molar-refractivity contribution is 0.236. The molecule has 68 valence electrons. The third-order valence-corrected chi connectivity index (χ3v) is 1.54. The Balaban J connectivity index is 4.71. The molecule has 0 spiro atoms. The Labute approximate surface area is 76.1 Å². The van der Waals surface area contributed by atoms with Gasteiger partial charge in [-0.3, -0.25) is 4.99 Å². The summed E-state index contributed by atoms with van der Waals surface area (Å²) in [6, 6.07) is 0. The van der Waals surface area contributed by atoms with Crippen molar-refractivity contribution in [3.63, 3.8) is 0 Å². The predicted octanol–water partition coefficient (Wildman–Crippen LogP) is 1.70. The van der Waals surface area contributed by atoms with Crippen LogP contribution < -0.4 is 0 Å². The maximum absolute atomic E-state index is 12.9. The topological polar surface area (TPSA) is 32.6 Å². The monoisotopic (exact) mass is 191 g/mol. The molecule has 0 aromatic heterocycles. The van der Waals surface area contributed by atoms with Crippen molar-refractivity contribution < 1.29 is 9.50 Å². The van der Waals surface area contributed by atoms with Crippen LogP contribution >= 0.6 is 11.6 Å². The molecule has 0 amide bonds. The van der Waals surface area contributed by atoms with Crippen LogP contribution in [-0.2, 0) is 0 Å². The molecule has 0 aromatic rings. The van der Waals surface area contributed by atoms with Gasteiger partial charge in [-0.2, -0.15) is 0 Å². The van der Waals surface area contributed by atoms with Gasteiger partial charge in [-0.05, 0) is 0 Å². The molecule has 1 atom stereocenters. The van der Waals surface area contributed by atoms with Gasteiger partial charge in [-0.25, -0.2) is 4.39 Å². The average molecular weight is 192 g/mol. The molecule has 0 saturated carbocycles. The Kier molecular flexibility index (Phi) is 5.58. The lowest BCUT2D eigenvalue weighted by Crippen LogP contribution is -2.12. The summed E-state index contributed by atoms with van der Waals surface area (Å²) in [4.78, 5) is 3.46. The van der Waals surface area contributed by atoms with E-state index in [1.807, 2.05) is 0 Å². The van der Waals surface area contributed by atoms with E-state index >= 15 is 0 Å². The van der Waals surface area contributed by atoms with Crippen LogP contribution in [0.4, 0.5) is 4.39 Å². The molecule has 0 radical (unpaired) electrons. The molecule has 0 aliphatic heterocycles. The highest BCUT2D eigenvalue weighted by molar-refractivity contribution is 6.18. The minimum atomic E-state index is -1.03. The van der Waals surface area contributed by atoms with Crippen LogP contribution in [0.25, 0.3) is 0 Å². The zero-order valence-electron chi connectivity index (χ0n) is 6.80. The Morgan fingerprint density at radius 3 is 2.75 bits per heavy atom. The molecule has 0 saturated heterocycles. The molecular formula is C8H11ClFNO. The van der Waals surface area contributed by atoms with Gasteiger partial charge in [0.25, 0.3) is 0 Å². The highest BCUT2D eigenvalue weighted by atomic mass is 35.5. The van der Waals surface area contributed by atoms with E-state index in [-0.39, 0.29) is 11.5 Å². The summed E-state index contributed by atoms with van der Waals surface area (Å²) in [5, 5.41) is 9.15. The van der Waals surface area contributed by atoms with Crippen molar-refractivity contribution in [2.45, 2.75) is 6.10 Å². The number of nitrogens with zero attached hydrogens (tertiary/aromatic N) is 1. The standard InChI is InChI=1S/C8H11ClFNO/c1-3-6(8(12)4-9)7(10)5-11-2/h3,5,8,12H,1,4H2,2H3/b7-6-,11-5-/t8-/m0/s1. The van der Waals surface area contributed by atoms with Gasteiger partial charge in [-0.15, -0.1) is 11.6 Å². The maximum atomic E-state index is 12.9. The number of aliphatic hydroxyl groups excluding tert-OH is 1. The molecule has 0 aliphatic rings. The second-order valence-corrected chi connectivity index (χ2v) is 2.37. The van der Waals surface area contributed by atoms with Gasteiger partial charge in [-0.1, -0.05) is 12.7 Å². The van der Waals surface area contributed by atoms with Gasteiger partial charge in [0.05, 0.1) is 18.2 Å². The summed E-state index contributed by atoms with van der Waals surface area (Å²) >= 11 is 5.33. The Morgan fingerprint density at radius 2 is 2.42 bits per heavy atom. The predicted molar refractivity (Wildman–Crippen MR) is 49.5 cm³/mol. The zero-order valence-corrected chi connectivity index (χ0v) is 7.55. The van der Waals surface area contributed by atoms with Gasteiger partial charge >= 0.3 is 0 Å². The number of hydrogen-bond acceptors (Lipinski definition) is 2. The van der Waals surface area contributed by atoms with E-state index in [9.17, 15) is 4.39 Å². The molecule has 4 heteroatoms. The van der Waals surface area contributed by atoms with Gasteiger partial charge in [0.15, 0.2) is 0 Å². The molecule has 0 bridgehead atoms. The molecule has 0 rings (SSSR count). The quantitative estimate of drug-likeness (QED) is 0.410. The fourth-order valence-electron chi connectivity index (χ4n) is 0.664. The van der Waals surface area contributed by atoms with Crippen molar-refractivity contribution in [3.8, 4) is 0 Å². The number of allylic oxidation sites excluding steroid dienone is 1. The molecule has 1 N–H and O–H groups in total. The van der Waals surface area contributed by atoms with E-state index in [1.165, 1.54) is 13.1 Å². The van der Waals surface area contributed by atoms with E-state index in [1.54, 1.807) is 0 Å². The minimum Gasteiger partial charge on any atom is -0.387 e. The molecule has 0 aromatic carbocycles. The van der Waals surface area contributed by atoms with Crippen molar-refractivity contribution in [2.75, 3.05) is 12.9 Å². The van der Waals surface area contributed by atoms with Gasteiger partial charge in [0.2, 0.25) is 0 Å². The molecule has 0 unspecified atom stereocenters. The van der Waals surface area contributed by atoms with Crippen molar-refractivity contribution in [3.05, 3.63) is 24.1 Å². The van der Waals surface area contributed by atoms with Crippen molar-refractivity contribution in [1.29, 1.82) is 0 Å². The van der Waals surface area contributed by atoms with Gasteiger partial charge in [0, 0.05) is 12.6 Å². The number of aliphatic hydroxyl groups is 1. The summed E-state index contributed by atoms with van der Waals surface area (Å²) in [7, 11) is 1.44. The summed E-state index contributed by atoms with van der Waals surface area (Å²) < 4.78 is 12.9. The Bertz CT molecular complexity index is 213. The molecule has 0 fully saturated rings. The molecule has 0 heterocycles. The van der Waals surface area contributed by atoms with Crippen molar-refractivity contribution >= 4 is 17.8 Å². The molecule has 0 aliphatic carbocycles. The number of hydrogen-bond donors (Lipinski definition) is 1. The van der Waals surface area contributed by atoms with Crippen LogP contribution in [0, 0.1) is 0 Å². The first-order valence-electron chi connectivity index (χ1n) is 3.35. The number of rotatable bonds is 4. The second kappa shape index (κ2) is 5.91. The lowest BCUT2D eigenvalue weighted by atomic mass is 10.1. The molecule has 12 heavy (non-hydrogen) atoms. The normalized spacial score (nSPS) is 16.0.